The van der Waals surface area contributed by atoms with Crippen LogP contribution in [0.25, 0.3) is 0 Å². The number of anilines is 3. The minimum absolute atomic E-state index is 0.344. The van der Waals surface area contributed by atoms with Crippen LogP contribution in [0, 0.1) is 5.92 Å². The minimum Gasteiger partial charge on any atom is -0.457 e. The second-order valence-electron chi connectivity index (χ2n) is 7.60. The highest BCUT2D eigenvalue weighted by atomic mass is 16.5. The third-order valence-corrected chi connectivity index (χ3v) is 5.08. The number of hydrogen-bond donors (Lipinski definition) is 3. The highest BCUT2D eigenvalue weighted by Gasteiger charge is 2.15. The zero-order chi connectivity index (χ0) is 20.8. The number of nitrogens with zero attached hydrogens (tertiary/aromatic N) is 2. The molecular formula is C23H31N5O. The van der Waals surface area contributed by atoms with Gasteiger partial charge in [-0.1, -0.05) is 37.6 Å². The van der Waals surface area contributed by atoms with E-state index in [1.807, 2.05) is 44.4 Å². The lowest BCUT2D eigenvalue weighted by Crippen LogP contribution is -2.38. The van der Waals surface area contributed by atoms with Crippen LogP contribution in [0.2, 0.25) is 0 Å². The Morgan fingerprint density at radius 1 is 1.24 bits per heavy atom. The summed E-state index contributed by atoms with van der Waals surface area (Å²) >= 11 is 0. The van der Waals surface area contributed by atoms with Crippen molar-refractivity contribution in [3.63, 3.8) is 0 Å². The van der Waals surface area contributed by atoms with E-state index >= 15 is 0 Å². The Morgan fingerprint density at radius 2 is 2.03 bits per heavy atom. The molecule has 1 heterocycles. The molecule has 1 unspecified atom stereocenters. The first-order chi connectivity index (χ1) is 14.0. The summed E-state index contributed by atoms with van der Waals surface area (Å²) < 4.78 is 5.92. The van der Waals surface area contributed by atoms with Gasteiger partial charge in [0.2, 0.25) is 0 Å². The quantitative estimate of drug-likeness (QED) is 0.456. The molecule has 1 aromatic heterocycles. The molecule has 154 valence electrons. The number of allylic oxidation sites excluding steroid dienone is 2. The number of ether oxygens (including phenoxy) is 1. The predicted octanol–water partition coefficient (Wildman–Crippen LogP) is 4.39. The monoisotopic (exact) mass is 393 g/mol. The van der Waals surface area contributed by atoms with Gasteiger partial charge in [0.25, 0.3) is 0 Å². The highest BCUT2D eigenvalue weighted by Crippen LogP contribution is 2.30. The van der Waals surface area contributed by atoms with Crippen molar-refractivity contribution in [2.24, 2.45) is 5.92 Å². The first-order valence-corrected chi connectivity index (χ1v) is 9.99. The third-order valence-electron chi connectivity index (χ3n) is 5.08. The van der Waals surface area contributed by atoms with Crippen LogP contribution in [0.5, 0.6) is 11.5 Å². The fourth-order valence-electron chi connectivity index (χ4n) is 3.30. The lowest BCUT2D eigenvalue weighted by atomic mass is 9.92. The van der Waals surface area contributed by atoms with E-state index in [9.17, 15) is 0 Å². The summed E-state index contributed by atoms with van der Waals surface area (Å²) in [6.07, 6.45) is 9.35. The molecule has 29 heavy (non-hydrogen) atoms. The van der Waals surface area contributed by atoms with Gasteiger partial charge in [0.1, 0.15) is 17.3 Å². The molecule has 0 saturated carbocycles. The normalized spacial score (nSPS) is 15.9. The van der Waals surface area contributed by atoms with E-state index in [0.29, 0.717) is 35.8 Å². The number of aromatic nitrogens is 1. The molecule has 6 heteroatoms. The second kappa shape index (κ2) is 9.47. The zero-order valence-electron chi connectivity index (χ0n) is 17.6. The van der Waals surface area contributed by atoms with E-state index in [0.717, 1.165) is 17.9 Å². The van der Waals surface area contributed by atoms with Gasteiger partial charge < -0.3 is 20.7 Å². The maximum absolute atomic E-state index is 6.31. The van der Waals surface area contributed by atoms with Gasteiger partial charge >= 0.3 is 0 Å². The first kappa shape index (κ1) is 20.7. The molecule has 0 fully saturated rings. The number of nitrogens with one attached hydrogen (secondary N) is 2. The molecule has 1 aliphatic carbocycles. The molecule has 0 spiro atoms. The van der Waals surface area contributed by atoms with Crippen molar-refractivity contribution in [1.29, 1.82) is 0 Å². The van der Waals surface area contributed by atoms with Crippen LogP contribution in [0.4, 0.5) is 17.2 Å². The van der Waals surface area contributed by atoms with Gasteiger partial charge in [-0.3, -0.25) is 5.32 Å². The Morgan fingerprint density at radius 3 is 2.76 bits per heavy atom. The van der Waals surface area contributed by atoms with Gasteiger partial charge in [0, 0.05) is 38.5 Å². The fraction of sp³-hybridized carbons (Fsp3) is 0.348. The molecule has 1 aliphatic rings. The maximum Gasteiger partial charge on any atom is 0.132 e. The number of rotatable bonds is 8. The molecule has 2 aromatic rings. The largest absolute Gasteiger partial charge is 0.457 e. The van der Waals surface area contributed by atoms with Crippen LogP contribution in [0.1, 0.15) is 20.3 Å². The summed E-state index contributed by atoms with van der Waals surface area (Å²) in [5, 5.41) is 6.60. The average molecular weight is 394 g/mol. The van der Waals surface area contributed by atoms with E-state index < -0.39 is 0 Å². The Balaban J connectivity index is 1.59. The van der Waals surface area contributed by atoms with Crippen LogP contribution >= 0.6 is 0 Å². The number of benzene rings is 1. The van der Waals surface area contributed by atoms with E-state index in [1.165, 1.54) is 5.57 Å². The summed E-state index contributed by atoms with van der Waals surface area (Å²) in [4.78, 5) is 6.31. The van der Waals surface area contributed by atoms with Gasteiger partial charge in [-0.25, -0.2) is 4.98 Å². The maximum atomic E-state index is 6.31. The van der Waals surface area contributed by atoms with Crippen LogP contribution in [-0.4, -0.2) is 31.8 Å². The highest BCUT2D eigenvalue weighted by molar-refractivity contribution is 5.69. The van der Waals surface area contributed by atoms with Crippen LogP contribution in [0.15, 0.2) is 60.3 Å². The first-order valence-electron chi connectivity index (χ1n) is 9.99. The topological polar surface area (TPSA) is 75.4 Å². The molecule has 0 saturated heterocycles. The van der Waals surface area contributed by atoms with Gasteiger partial charge in [-0.15, -0.1) is 0 Å². The second-order valence-corrected chi connectivity index (χ2v) is 7.60. The van der Waals surface area contributed by atoms with Crippen LogP contribution < -0.4 is 26.0 Å². The van der Waals surface area contributed by atoms with Crippen molar-refractivity contribution in [3.05, 3.63) is 60.3 Å². The fourth-order valence-corrected chi connectivity index (χ4v) is 3.30. The van der Waals surface area contributed by atoms with Gasteiger partial charge in [0.05, 0.1) is 18.0 Å². The van der Waals surface area contributed by atoms with Crippen molar-refractivity contribution in [1.82, 2.24) is 10.3 Å². The Kier molecular flexibility index (Phi) is 6.77. The number of pyridine rings is 1. The van der Waals surface area contributed by atoms with Crippen LogP contribution in [-0.2, 0) is 0 Å². The lowest BCUT2D eigenvalue weighted by Gasteiger charge is -2.27. The van der Waals surface area contributed by atoms with Crippen molar-refractivity contribution in [2.45, 2.75) is 26.3 Å². The van der Waals surface area contributed by atoms with Crippen molar-refractivity contribution in [2.75, 3.05) is 36.7 Å². The average Bonchev–Trinajstić information content (AvgIpc) is 2.72. The Hall–Kier alpha value is -2.99. The summed E-state index contributed by atoms with van der Waals surface area (Å²) in [5.41, 5.74) is 9.43. The molecule has 6 nitrogen and oxygen atoms in total. The minimum atomic E-state index is 0.344. The number of hydrogen-bond acceptors (Lipinski definition) is 6. The molecule has 0 radical (unpaired) electrons. The smallest absolute Gasteiger partial charge is 0.132 e. The number of nitrogens with two attached hydrogens (primary N) is 1. The standard InChI is InChI=1S/C23H31N5O/c1-16(2)17-6-5-7-18(12-17)27-15-28(4)22-9-8-19(13-21(22)24)29-20-10-11-26-23(14-20)25-3/h5-11,13-14,16,18,27H,12,15,24H2,1-4H3,(H,25,26). The number of nitrogen functional groups attached to an aromatic ring is 1. The third kappa shape index (κ3) is 5.51. The van der Waals surface area contributed by atoms with Crippen molar-refractivity contribution in [3.8, 4) is 11.5 Å². The predicted molar refractivity (Wildman–Crippen MR) is 122 cm³/mol. The molecule has 0 aliphatic heterocycles. The molecule has 3 rings (SSSR count). The summed E-state index contributed by atoms with van der Waals surface area (Å²) in [6, 6.07) is 9.78. The lowest BCUT2D eigenvalue weighted by molar-refractivity contribution is 0.482. The molecule has 1 aromatic carbocycles. The molecule has 0 amide bonds. The molecule has 1 atom stereocenters. The van der Waals surface area contributed by atoms with E-state index in [1.54, 1.807) is 6.20 Å². The van der Waals surface area contributed by atoms with Crippen molar-refractivity contribution >= 4 is 17.2 Å². The van der Waals surface area contributed by atoms with Crippen LogP contribution in [0.3, 0.4) is 0 Å². The summed E-state index contributed by atoms with van der Waals surface area (Å²) in [6.45, 7) is 5.19. The van der Waals surface area contributed by atoms with Gasteiger partial charge in [-0.2, -0.15) is 0 Å². The van der Waals surface area contributed by atoms with Crippen molar-refractivity contribution < 1.29 is 4.74 Å². The SMILES string of the molecule is CNc1cc(Oc2ccc(N(C)CNC3C=CC=C(C(C)C)C3)c(N)c2)ccn1. The van der Waals surface area contributed by atoms with E-state index in [-0.39, 0.29) is 0 Å². The van der Waals surface area contributed by atoms with E-state index in [2.05, 4.69) is 52.6 Å². The molecule has 0 bridgehead atoms. The zero-order valence-corrected chi connectivity index (χ0v) is 17.6. The van der Waals surface area contributed by atoms with Gasteiger partial charge in [-0.05, 0) is 30.5 Å². The Bertz CT molecular complexity index is 891. The van der Waals surface area contributed by atoms with Gasteiger partial charge in [0.15, 0.2) is 0 Å². The molecular weight excluding hydrogens is 362 g/mol. The summed E-state index contributed by atoms with van der Waals surface area (Å²) in [7, 11) is 3.86. The summed E-state index contributed by atoms with van der Waals surface area (Å²) in [5.74, 6) is 2.74. The Labute approximate surface area is 173 Å². The molecule has 4 N–H and O–H groups in total. The van der Waals surface area contributed by atoms with E-state index in [4.69, 9.17) is 10.5 Å².